The fraction of sp³-hybridized carbons (Fsp3) is 0.538. The van der Waals surface area contributed by atoms with Gasteiger partial charge in [-0.15, -0.1) is 0 Å². The van der Waals surface area contributed by atoms with E-state index in [1.165, 1.54) is 6.42 Å². The highest BCUT2D eigenvalue weighted by Crippen LogP contribution is 2.25. The number of hydrogen-bond acceptors (Lipinski definition) is 4. The fourth-order valence-electron chi connectivity index (χ4n) is 2.35. The molecule has 1 fully saturated rings. The predicted molar refractivity (Wildman–Crippen MR) is 84.0 cm³/mol. The van der Waals surface area contributed by atoms with Crippen LogP contribution in [0, 0.1) is 5.82 Å². The summed E-state index contributed by atoms with van der Waals surface area (Å²) in [5.41, 5.74) is 5.81. The highest BCUT2D eigenvalue weighted by Gasteiger charge is 2.21. The summed E-state index contributed by atoms with van der Waals surface area (Å²) in [5, 5.41) is 0. The molecule has 0 spiro atoms. The van der Waals surface area contributed by atoms with Gasteiger partial charge in [0.1, 0.15) is 10.7 Å². The van der Waals surface area contributed by atoms with Crippen molar-refractivity contribution in [1.82, 2.24) is 9.62 Å². The predicted octanol–water partition coefficient (Wildman–Crippen LogP) is 1.93. The molecule has 1 heterocycles. The molecule has 1 aliphatic heterocycles. The lowest BCUT2D eigenvalue weighted by Gasteiger charge is -2.26. The molecule has 3 N–H and O–H groups in total. The van der Waals surface area contributed by atoms with E-state index >= 15 is 0 Å². The molecule has 8 heteroatoms. The lowest BCUT2D eigenvalue weighted by molar-refractivity contribution is 0.232. The molecule has 1 saturated heterocycles. The van der Waals surface area contributed by atoms with Gasteiger partial charge in [0, 0.05) is 23.2 Å². The van der Waals surface area contributed by atoms with Crippen LogP contribution in [0.3, 0.4) is 0 Å². The summed E-state index contributed by atoms with van der Waals surface area (Å²) in [6, 6.07) is 2.19. The maximum absolute atomic E-state index is 13.8. The number of rotatable bonds is 5. The second kappa shape index (κ2) is 7.04. The zero-order chi connectivity index (χ0) is 15.5. The molecule has 1 aromatic rings. The van der Waals surface area contributed by atoms with E-state index in [2.05, 4.69) is 25.6 Å². The van der Waals surface area contributed by atoms with Crippen molar-refractivity contribution in [2.24, 2.45) is 0 Å². The number of nitrogens with one attached hydrogen (secondary N) is 1. The molecule has 0 saturated carbocycles. The molecule has 0 bridgehead atoms. The Balaban J connectivity index is 1.99. The van der Waals surface area contributed by atoms with Crippen molar-refractivity contribution >= 4 is 31.6 Å². The number of piperidine rings is 1. The van der Waals surface area contributed by atoms with Gasteiger partial charge in [0.05, 0.1) is 0 Å². The zero-order valence-electron chi connectivity index (χ0n) is 11.6. The van der Waals surface area contributed by atoms with Gasteiger partial charge in [0.2, 0.25) is 10.0 Å². The van der Waals surface area contributed by atoms with Gasteiger partial charge in [-0.1, -0.05) is 6.42 Å². The van der Waals surface area contributed by atoms with Crippen LogP contribution in [0.4, 0.5) is 10.1 Å². The largest absolute Gasteiger partial charge is 0.398 e. The van der Waals surface area contributed by atoms with Crippen LogP contribution in [0.5, 0.6) is 0 Å². The van der Waals surface area contributed by atoms with Crippen LogP contribution < -0.4 is 10.5 Å². The smallest absolute Gasteiger partial charge is 0.243 e. The SMILES string of the molecule is Nc1cc(S(=O)(=O)NCCN2CCCCC2)c(F)cc1Br. The van der Waals surface area contributed by atoms with Crippen LogP contribution >= 0.6 is 15.9 Å². The second-order valence-corrected chi connectivity index (χ2v) is 7.69. The van der Waals surface area contributed by atoms with E-state index in [1.54, 1.807) is 0 Å². The Kier molecular flexibility index (Phi) is 5.59. The van der Waals surface area contributed by atoms with Crippen LogP contribution in [0.1, 0.15) is 19.3 Å². The molecule has 2 rings (SSSR count). The van der Waals surface area contributed by atoms with Gasteiger partial charge in [-0.2, -0.15) is 0 Å². The first-order valence-corrected chi connectivity index (χ1v) is 9.14. The number of sulfonamides is 1. The van der Waals surface area contributed by atoms with Crippen molar-refractivity contribution in [3.63, 3.8) is 0 Å². The summed E-state index contributed by atoms with van der Waals surface area (Å²) >= 11 is 3.06. The molecule has 0 unspecified atom stereocenters. The molecule has 118 valence electrons. The molecular formula is C13H19BrFN3O2S. The average Bonchev–Trinajstić information content (AvgIpc) is 2.43. The van der Waals surface area contributed by atoms with Gasteiger partial charge in [-0.25, -0.2) is 17.5 Å². The number of nitrogens with zero attached hydrogens (tertiary/aromatic N) is 1. The lowest BCUT2D eigenvalue weighted by Crippen LogP contribution is -2.37. The van der Waals surface area contributed by atoms with E-state index < -0.39 is 20.7 Å². The van der Waals surface area contributed by atoms with E-state index in [1.807, 2.05) is 0 Å². The third-order valence-electron chi connectivity index (χ3n) is 3.51. The maximum Gasteiger partial charge on any atom is 0.243 e. The summed E-state index contributed by atoms with van der Waals surface area (Å²) in [6.45, 7) is 2.87. The zero-order valence-corrected chi connectivity index (χ0v) is 14.0. The molecule has 0 atom stereocenters. The lowest BCUT2D eigenvalue weighted by atomic mass is 10.1. The highest BCUT2D eigenvalue weighted by atomic mass is 79.9. The quantitative estimate of drug-likeness (QED) is 0.766. The molecular weight excluding hydrogens is 361 g/mol. The van der Waals surface area contributed by atoms with Crippen LogP contribution in [0.25, 0.3) is 0 Å². The van der Waals surface area contributed by atoms with Crippen LogP contribution in [-0.2, 0) is 10.0 Å². The summed E-state index contributed by atoms with van der Waals surface area (Å²) in [5.74, 6) is -0.818. The van der Waals surface area contributed by atoms with Gasteiger partial charge in [-0.3, -0.25) is 0 Å². The van der Waals surface area contributed by atoms with Gasteiger partial charge < -0.3 is 10.6 Å². The monoisotopic (exact) mass is 379 g/mol. The van der Waals surface area contributed by atoms with Crippen LogP contribution in [0.15, 0.2) is 21.5 Å². The standard InChI is InChI=1S/C13H19BrFN3O2S/c14-10-8-11(15)13(9-12(10)16)21(19,20)17-4-7-18-5-2-1-3-6-18/h8-9,17H,1-7,16H2. The number of anilines is 1. The fourth-order valence-corrected chi connectivity index (χ4v) is 3.78. The van der Waals surface area contributed by atoms with Gasteiger partial charge >= 0.3 is 0 Å². The van der Waals surface area contributed by atoms with Crippen molar-refractivity contribution in [2.75, 3.05) is 31.9 Å². The summed E-state index contributed by atoms with van der Waals surface area (Å²) in [6.07, 6.45) is 3.51. The molecule has 0 aromatic heterocycles. The van der Waals surface area contributed by atoms with Gasteiger partial charge in [0.25, 0.3) is 0 Å². The highest BCUT2D eigenvalue weighted by molar-refractivity contribution is 9.10. The first-order valence-electron chi connectivity index (χ1n) is 6.87. The molecule has 0 amide bonds. The van der Waals surface area contributed by atoms with Crippen molar-refractivity contribution in [3.8, 4) is 0 Å². The third kappa shape index (κ3) is 4.38. The number of halogens is 2. The molecule has 0 radical (unpaired) electrons. The first kappa shape index (κ1) is 16.7. The Labute approximate surface area is 132 Å². The molecule has 1 aliphatic rings. The van der Waals surface area contributed by atoms with E-state index in [-0.39, 0.29) is 12.2 Å². The van der Waals surface area contributed by atoms with Gasteiger partial charge in [0.15, 0.2) is 0 Å². The number of hydrogen-bond donors (Lipinski definition) is 2. The molecule has 21 heavy (non-hydrogen) atoms. The van der Waals surface area contributed by atoms with Crippen molar-refractivity contribution in [2.45, 2.75) is 24.2 Å². The Morgan fingerprint density at radius 3 is 2.62 bits per heavy atom. The van der Waals surface area contributed by atoms with Crippen molar-refractivity contribution in [1.29, 1.82) is 0 Å². The third-order valence-corrected chi connectivity index (χ3v) is 5.67. The van der Waals surface area contributed by atoms with Crippen molar-refractivity contribution in [3.05, 3.63) is 22.4 Å². The molecule has 0 aliphatic carbocycles. The number of benzene rings is 1. The minimum absolute atomic E-state index is 0.188. The Bertz CT molecular complexity index is 604. The summed E-state index contributed by atoms with van der Waals surface area (Å²) < 4.78 is 40.8. The Hall–Kier alpha value is -0.700. The number of nitrogens with two attached hydrogens (primary N) is 1. The normalized spacial score (nSPS) is 17.0. The van der Waals surface area contributed by atoms with E-state index in [4.69, 9.17) is 5.73 Å². The topological polar surface area (TPSA) is 75.4 Å². The minimum Gasteiger partial charge on any atom is -0.398 e. The Morgan fingerprint density at radius 2 is 1.95 bits per heavy atom. The van der Waals surface area contributed by atoms with E-state index in [0.29, 0.717) is 11.0 Å². The average molecular weight is 380 g/mol. The van der Waals surface area contributed by atoms with E-state index in [9.17, 15) is 12.8 Å². The maximum atomic E-state index is 13.8. The minimum atomic E-state index is -3.88. The first-order chi connectivity index (χ1) is 9.90. The van der Waals surface area contributed by atoms with E-state index in [0.717, 1.165) is 38.1 Å². The summed E-state index contributed by atoms with van der Waals surface area (Å²) in [7, 11) is -3.88. The Morgan fingerprint density at radius 1 is 1.29 bits per heavy atom. The number of nitrogen functional groups attached to an aromatic ring is 1. The number of likely N-dealkylation sites (tertiary alicyclic amines) is 1. The second-order valence-electron chi connectivity index (χ2n) is 5.10. The van der Waals surface area contributed by atoms with Gasteiger partial charge in [-0.05, 0) is 54.0 Å². The van der Waals surface area contributed by atoms with Crippen LogP contribution in [-0.4, -0.2) is 39.5 Å². The molecule has 1 aromatic carbocycles. The van der Waals surface area contributed by atoms with Crippen LogP contribution in [0.2, 0.25) is 0 Å². The summed E-state index contributed by atoms with van der Waals surface area (Å²) in [4.78, 5) is 1.79. The van der Waals surface area contributed by atoms with Crippen molar-refractivity contribution < 1.29 is 12.8 Å². The molecule has 5 nitrogen and oxygen atoms in total.